The molecule has 0 saturated carbocycles. The monoisotopic (exact) mass is 218 g/mol. The molecular formula is C12H26O3. The summed E-state index contributed by atoms with van der Waals surface area (Å²) in [5.74, 6) is -0.202. The molecule has 1 saturated heterocycles. The van der Waals surface area contributed by atoms with E-state index >= 15 is 0 Å². The Hall–Kier alpha value is -0.120. The first kappa shape index (κ1) is 14.9. The Bertz CT molecular complexity index is 121. The van der Waals surface area contributed by atoms with Gasteiger partial charge in [0.05, 0.1) is 13.2 Å². The van der Waals surface area contributed by atoms with Crippen LogP contribution in [-0.2, 0) is 9.47 Å². The second-order valence-electron chi connectivity index (χ2n) is 3.81. The van der Waals surface area contributed by atoms with E-state index in [0.717, 1.165) is 33.2 Å². The first-order chi connectivity index (χ1) is 7.33. The van der Waals surface area contributed by atoms with Crippen molar-refractivity contribution in [1.82, 2.24) is 0 Å². The Kier molecular flexibility index (Phi) is 9.06. The minimum absolute atomic E-state index is 0.202. The summed E-state index contributed by atoms with van der Waals surface area (Å²) in [6.07, 6.45) is 7.02. The van der Waals surface area contributed by atoms with Crippen LogP contribution in [0.4, 0.5) is 0 Å². The van der Waals surface area contributed by atoms with Crippen LogP contribution in [0.1, 0.15) is 52.4 Å². The van der Waals surface area contributed by atoms with Gasteiger partial charge in [-0.1, -0.05) is 26.7 Å². The van der Waals surface area contributed by atoms with Crippen LogP contribution in [-0.4, -0.2) is 31.2 Å². The molecule has 1 heterocycles. The Morgan fingerprint density at radius 3 is 1.67 bits per heavy atom. The fourth-order valence-electron chi connectivity index (χ4n) is 1.80. The van der Waals surface area contributed by atoms with Gasteiger partial charge in [0.15, 0.2) is 5.79 Å². The standard InChI is InChI=1S/C11H22O2.CH4O/c1-3-5-7-11(8-6-4-2)12-9-10-13-11;1-2/h3-10H2,1-2H3;2H,1H3. The maximum atomic E-state index is 7.00. The summed E-state index contributed by atoms with van der Waals surface area (Å²) in [7, 11) is 1.00. The number of aliphatic hydroxyl groups excluding tert-OH is 1. The molecule has 1 aliphatic rings. The molecule has 92 valence electrons. The van der Waals surface area contributed by atoms with Crippen molar-refractivity contribution in [1.29, 1.82) is 0 Å². The van der Waals surface area contributed by atoms with E-state index in [0.29, 0.717) is 0 Å². The molecule has 0 bridgehead atoms. The van der Waals surface area contributed by atoms with Gasteiger partial charge in [0.1, 0.15) is 0 Å². The summed E-state index contributed by atoms with van der Waals surface area (Å²) in [6, 6.07) is 0. The number of rotatable bonds is 6. The lowest BCUT2D eigenvalue weighted by molar-refractivity contribution is -0.168. The number of ether oxygens (including phenoxy) is 2. The van der Waals surface area contributed by atoms with Gasteiger partial charge >= 0.3 is 0 Å². The molecule has 0 amide bonds. The lowest BCUT2D eigenvalue weighted by Crippen LogP contribution is -2.29. The number of hydrogen-bond donors (Lipinski definition) is 1. The van der Waals surface area contributed by atoms with E-state index in [9.17, 15) is 0 Å². The summed E-state index contributed by atoms with van der Waals surface area (Å²) in [4.78, 5) is 0. The lowest BCUT2D eigenvalue weighted by Gasteiger charge is -2.27. The van der Waals surface area contributed by atoms with E-state index in [-0.39, 0.29) is 5.79 Å². The smallest absolute Gasteiger partial charge is 0.168 e. The fraction of sp³-hybridized carbons (Fsp3) is 1.00. The minimum Gasteiger partial charge on any atom is -0.400 e. The van der Waals surface area contributed by atoms with Crippen LogP contribution in [0.25, 0.3) is 0 Å². The van der Waals surface area contributed by atoms with Crippen molar-refractivity contribution in [2.24, 2.45) is 0 Å². The Morgan fingerprint density at radius 1 is 0.933 bits per heavy atom. The van der Waals surface area contributed by atoms with Gasteiger partial charge in [-0.15, -0.1) is 0 Å². The average molecular weight is 218 g/mol. The largest absolute Gasteiger partial charge is 0.400 e. The first-order valence-corrected chi connectivity index (χ1v) is 6.05. The van der Waals surface area contributed by atoms with Crippen molar-refractivity contribution in [3.05, 3.63) is 0 Å². The molecule has 1 rings (SSSR count). The molecule has 0 aliphatic carbocycles. The summed E-state index contributed by atoms with van der Waals surface area (Å²) in [5.41, 5.74) is 0. The molecule has 1 aliphatic heterocycles. The van der Waals surface area contributed by atoms with E-state index < -0.39 is 0 Å². The molecule has 1 N–H and O–H groups in total. The van der Waals surface area contributed by atoms with Crippen LogP contribution in [0.2, 0.25) is 0 Å². The predicted octanol–water partition coefficient (Wildman–Crippen LogP) is 2.72. The molecule has 0 unspecified atom stereocenters. The second kappa shape index (κ2) is 9.13. The predicted molar refractivity (Wildman–Crippen MR) is 61.8 cm³/mol. The molecule has 0 spiro atoms. The van der Waals surface area contributed by atoms with Crippen LogP contribution < -0.4 is 0 Å². The molecule has 15 heavy (non-hydrogen) atoms. The lowest BCUT2D eigenvalue weighted by atomic mass is 10.0. The quantitative estimate of drug-likeness (QED) is 0.745. The van der Waals surface area contributed by atoms with Gasteiger partial charge in [-0.2, -0.15) is 0 Å². The van der Waals surface area contributed by atoms with Crippen LogP contribution in [0.3, 0.4) is 0 Å². The highest BCUT2D eigenvalue weighted by molar-refractivity contribution is 4.73. The molecular weight excluding hydrogens is 192 g/mol. The van der Waals surface area contributed by atoms with E-state index in [1.54, 1.807) is 0 Å². The summed E-state index contributed by atoms with van der Waals surface area (Å²) < 4.78 is 11.4. The third kappa shape index (κ3) is 5.50. The molecule has 0 aromatic carbocycles. The van der Waals surface area contributed by atoms with Crippen molar-refractivity contribution in [3.63, 3.8) is 0 Å². The number of aliphatic hydroxyl groups is 1. The zero-order chi connectivity index (χ0) is 11.6. The SMILES string of the molecule is CCCCC1(CCCC)OCCO1.CO. The summed E-state index contributed by atoms with van der Waals surface area (Å²) >= 11 is 0. The van der Waals surface area contributed by atoms with E-state index in [2.05, 4.69) is 13.8 Å². The van der Waals surface area contributed by atoms with Gasteiger partial charge in [0.25, 0.3) is 0 Å². The van der Waals surface area contributed by atoms with Gasteiger partial charge < -0.3 is 14.6 Å². The molecule has 0 radical (unpaired) electrons. The third-order valence-corrected chi connectivity index (χ3v) is 2.64. The maximum absolute atomic E-state index is 7.00. The second-order valence-corrected chi connectivity index (χ2v) is 3.81. The van der Waals surface area contributed by atoms with Crippen molar-refractivity contribution in [2.75, 3.05) is 20.3 Å². The highest BCUT2D eigenvalue weighted by Crippen LogP contribution is 2.30. The van der Waals surface area contributed by atoms with Crippen LogP contribution >= 0.6 is 0 Å². The van der Waals surface area contributed by atoms with Crippen LogP contribution in [0.5, 0.6) is 0 Å². The molecule has 3 heteroatoms. The highest BCUT2D eigenvalue weighted by atomic mass is 16.7. The molecule has 0 aromatic heterocycles. The molecule has 3 nitrogen and oxygen atoms in total. The summed E-state index contributed by atoms with van der Waals surface area (Å²) in [5, 5.41) is 7.00. The van der Waals surface area contributed by atoms with Crippen molar-refractivity contribution < 1.29 is 14.6 Å². The zero-order valence-corrected chi connectivity index (χ0v) is 10.4. The van der Waals surface area contributed by atoms with Crippen molar-refractivity contribution >= 4 is 0 Å². The van der Waals surface area contributed by atoms with Crippen molar-refractivity contribution in [2.45, 2.75) is 58.2 Å². The first-order valence-electron chi connectivity index (χ1n) is 6.05. The maximum Gasteiger partial charge on any atom is 0.168 e. The average Bonchev–Trinajstić information content (AvgIpc) is 2.76. The third-order valence-electron chi connectivity index (χ3n) is 2.64. The number of unbranched alkanes of at least 4 members (excludes halogenated alkanes) is 2. The molecule has 0 aromatic rings. The van der Waals surface area contributed by atoms with Crippen molar-refractivity contribution in [3.8, 4) is 0 Å². The topological polar surface area (TPSA) is 38.7 Å². The van der Waals surface area contributed by atoms with Gasteiger partial charge in [0.2, 0.25) is 0 Å². The Labute approximate surface area is 93.8 Å². The molecule has 0 atom stereocenters. The van der Waals surface area contributed by atoms with Gasteiger partial charge in [-0.05, 0) is 12.8 Å². The van der Waals surface area contributed by atoms with Crippen LogP contribution in [0.15, 0.2) is 0 Å². The van der Waals surface area contributed by atoms with Crippen LogP contribution in [0, 0.1) is 0 Å². The zero-order valence-electron chi connectivity index (χ0n) is 10.4. The minimum atomic E-state index is -0.202. The van der Waals surface area contributed by atoms with Gasteiger partial charge in [-0.3, -0.25) is 0 Å². The Morgan fingerprint density at radius 2 is 1.33 bits per heavy atom. The van der Waals surface area contributed by atoms with E-state index in [1.807, 2.05) is 0 Å². The highest BCUT2D eigenvalue weighted by Gasteiger charge is 2.34. The van der Waals surface area contributed by atoms with E-state index in [4.69, 9.17) is 14.6 Å². The molecule has 1 fully saturated rings. The van der Waals surface area contributed by atoms with E-state index in [1.165, 1.54) is 25.7 Å². The Balaban J connectivity index is 0.000000921. The van der Waals surface area contributed by atoms with Gasteiger partial charge in [0, 0.05) is 20.0 Å². The summed E-state index contributed by atoms with van der Waals surface area (Å²) in [6.45, 7) is 5.99. The number of hydrogen-bond acceptors (Lipinski definition) is 3. The van der Waals surface area contributed by atoms with Gasteiger partial charge in [-0.25, -0.2) is 0 Å². The normalized spacial score (nSPS) is 18.4. The fourth-order valence-corrected chi connectivity index (χ4v) is 1.80.